The molecule has 98 valence electrons. The van der Waals surface area contributed by atoms with E-state index in [0.717, 1.165) is 5.56 Å². The van der Waals surface area contributed by atoms with Crippen molar-refractivity contribution in [3.8, 4) is 0 Å². The van der Waals surface area contributed by atoms with E-state index in [4.69, 9.17) is 11.5 Å². The van der Waals surface area contributed by atoms with Crippen LogP contribution in [0.25, 0.3) is 0 Å². The number of rotatable bonds is 5. The molecule has 0 radical (unpaired) electrons. The number of primary amides is 1. The quantitative estimate of drug-likeness (QED) is 0.724. The molecule has 0 aliphatic carbocycles. The molecule has 1 aromatic rings. The highest BCUT2D eigenvalue weighted by molar-refractivity contribution is 5.97. The Hall–Kier alpha value is -1.88. The van der Waals surface area contributed by atoms with Crippen LogP contribution in [0.2, 0.25) is 0 Å². The molecule has 1 rings (SSSR count). The van der Waals surface area contributed by atoms with Crippen molar-refractivity contribution in [3.63, 3.8) is 0 Å². The Morgan fingerprint density at radius 2 is 2.00 bits per heavy atom. The van der Waals surface area contributed by atoms with Crippen LogP contribution in [0.5, 0.6) is 0 Å². The summed E-state index contributed by atoms with van der Waals surface area (Å²) in [6.07, 6.45) is -0.157. The zero-order valence-corrected chi connectivity index (χ0v) is 10.6. The molecule has 18 heavy (non-hydrogen) atoms. The van der Waals surface area contributed by atoms with Crippen molar-refractivity contribution in [2.24, 2.45) is 11.5 Å². The van der Waals surface area contributed by atoms with Gasteiger partial charge in [-0.15, -0.1) is 0 Å². The zero-order chi connectivity index (χ0) is 13.7. The van der Waals surface area contributed by atoms with E-state index in [1.54, 1.807) is 6.07 Å². The summed E-state index contributed by atoms with van der Waals surface area (Å²) in [5.41, 5.74) is 12.3. The standard InChI is InChI=1S/C13H19N3O2/c1-8(2)9-4-3-5-10(6-9)16-13(18)11(14)7-12(15)17/h3-6,8,11H,7,14H2,1-2H3,(H2,15,17)(H,16,18). The first-order valence-corrected chi connectivity index (χ1v) is 5.85. The fraction of sp³-hybridized carbons (Fsp3) is 0.385. The van der Waals surface area contributed by atoms with Gasteiger partial charge in [0.1, 0.15) is 0 Å². The first kappa shape index (κ1) is 14.2. The number of nitrogens with two attached hydrogens (primary N) is 2. The minimum Gasteiger partial charge on any atom is -0.370 e. The van der Waals surface area contributed by atoms with Gasteiger partial charge in [0.15, 0.2) is 0 Å². The molecule has 0 saturated carbocycles. The molecule has 0 fully saturated rings. The maximum Gasteiger partial charge on any atom is 0.241 e. The smallest absolute Gasteiger partial charge is 0.241 e. The van der Waals surface area contributed by atoms with Gasteiger partial charge in [-0.2, -0.15) is 0 Å². The van der Waals surface area contributed by atoms with E-state index in [2.05, 4.69) is 19.2 Å². The van der Waals surface area contributed by atoms with E-state index in [1.165, 1.54) is 0 Å². The average molecular weight is 249 g/mol. The topological polar surface area (TPSA) is 98.2 Å². The third kappa shape index (κ3) is 4.18. The highest BCUT2D eigenvalue weighted by Gasteiger charge is 2.16. The van der Waals surface area contributed by atoms with Crippen LogP contribution in [-0.2, 0) is 9.59 Å². The van der Waals surface area contributed by atoms with Crippen LogP contribution in [0, 0.1) is 0 Å². The second kappa shape index (κ2) is 6.16. The second-order valence-corrected chi connectivity index (χ2v) is 4.55. The summed E-state index contributed by atoms with van der Waals surface area (Å²) < 4.78 is 0. The van der Waals surface area contributed by atoms with Crippen molar-refractivity contribution < 1.29 is 9.59 Å². The summed E-state index contributed by atoms with van der Waals surface area (Å²) in [7, 11) is 0. The van der Waals surface area contributed by atoms with Crippen molar-refractivity contribution in [2.45, 2.75) is 32.2 Å². The molecular weight excluding hydrogens is 230 g/mol. The maximum absolute atomic E-state index is 11.7. The number of benzene rings is 1. The van der Waals surface area contributed by atoms with E-state index in [1.807, 2.05) is 18.2 Å². The Bertz CT molecular complexity index is 444. The fourth-order valence-electron chi connectivity index (χ4n) is 1.52. The van der Waals surface area contributed by atoms with E-state index in [0.29, 0.717) is 11.6 Å². The SMILES string of the molecule is CC(C)c1cccc(NC(=O)C(N)CC(N)=O)c1. The zero-order valence-electron chi connectivity index (χ0n) is 10.6. The van der Waals surface area contributed by atoms with E-state index in [-0.39, 0.29) is 6.42 Å². The molecule has 5 N–H and O–H groups in total. The van der Waals surface area contributed by atoms with Gasteiger partial charge in [-0.1, -0.05) is 26.0 Å². The third-order valence-corrected chi connectivity index (χ3v) is 2.58. The van der Waals surface area contributed by atoms with Crippen molar-refractivity contribution in [1.82, 2.24) is 0 Å². The van der Waals surface area contributed by atoms with Gasteiger partial charge in [-0.3, -0.25) is 9.59 Å². The summed E-state index contributed by atoms with van der Waals surface area (Å²) in [6, 6.07) is 6.61. The Kier molecular flexibility index (Phi) is 4.85. The first-order valence-electron chi connectivity index (χ1n) is 5.85. The van der Waals surface area contributed by atoms with Gasteiger partial charge in [0, 0.05) is 5.69 Å². The lowest BCUT2D eigenvalue weighted by Gasteiger charge is -2.12. The molecular formula is C13H19N3O2. The van der Waals surface area contributed by atoms with Crippen LogP contribution < -0.4 is 16.8 Å². The monoisotopic (exact) mass is 249 g/mol. The van der Waals surface area contributed by atoms with Crippen molar-refractivity contribution in [3.05, 3.63) is 29.8 Å². The normalized spacial score (nSPS) is 12.2. The molecule has 1 atom stereocenters. The number of amides is 2. The summed E-state index contributed by atoms with van der Waals surface area (Å²) in [4.78, 5) is 22.4. The number of hydrogen-bond acceptors (Lipinski definition) is 3. The van der Waals surface area contributed by atoms with E-state index >= 15 is 0 Å². The lowest BCUT2D eigenvalue weighted by Crippen LogP contribution is -2.39. The van der Waals surface area contributed by atoms with Gasteiger partial charge in [-0.05, 0) is 23.6 Å². The Morgan fingerprint density at radius 1 is 1.33 bits per heavy atom. The van der Waals surface area contributed by atoms with Crippen LogP contribution in [0.4, 0.5) is 5.69 Å². The molecule has 0 saturated heterocycles. The highest BCUT2D eigenvalue weighted by Crippen LogP contribution is 2.18. The fourth-order valence-corrected chi connectivity index (χ4v) is 1.52. The maximum atomic E-state index is 11.7. The Balaban J connectivity index is 2.69. The van der Waals surface area contributed by atoms with Crippen molar-refractivity contribution >= 4 is 17.5 Å². The van der Waals surface area contributed by atoms with Crippen LogP contribution in [0.1, 0.15) is 31.7 Å². The predicted octanol–water partition coefficient (Wildman–Crippen LogP) is 0.951. The summed E-state index contributed by atoms with van der Waals surface area (Å²) in [5, 5.41) is 2.67. The predicted molar refractivity (Wildman–Crippen MR) is 70.9 cm³/mol. The molecule has 2 amide bonds. The molecule has 0 aliphatic heterocycles. The summed E-state index contributed by atoms with van der Waals surface area (Å²) >= 11 is 0. The second-order valence-electron chi connectivity index (χ2n) is 4.55. The molecule has 5 nitrogen and oxygen atoms in total. The van der Waals surface area contributed by atoms with Gasteiger partial charge in [0.25, 0.3) is 0 Å². The largest absolute Gasteiger partial charge is 0.370 e. The number of carbonyl (C=O) groups is 2. The average Bonchev–Trinajstić information content (AvgIpc) is 2.28. The number of nitrogens with one attached hydrogen (secondary N) is 1. The van der Waals surface area contributed by atoms with E-state index in [9.17, 15) is 9.59 Å². The lowest BCUT2D eigenvalue weighted by atomic mass is 10.0. The molecule has 1 aromatic carbocycles. The Labute approximate surface area is 107 Å². The van der Waals surface area contributed by atoms with Crippen LogP contribution >= 0.6 is 0 Å². The Morgan fingerprint density at radius 3 is 2.56 bits per heavy atom. The van der Waals surface area contributed by atoms with Crippen molar-refractivity contribution in [1.29, 1.82) is 0 Å². The number of carbonyl (C=O) groups excluding carboxylic acids is 2. The van der Waals surface area contributed by atoms with Gasteiger partial charge in [0.05, 0.1) is 12.5 Å². The minimum atomic E-state index is -0.912. The summed E-state index contributed by atoms with van der Waals surface area (Å²) in [5.74, 6) is -0.621. The number of hydrogen-bond donors (Lipinski definition) is 3. The molecule has 0 aliphatic rings. The van der Waals surface area contributed by atoms with Gasteiger partial charge >= 0.3 is 0 Å². The van der Waals surface area contributed by atoms with Crippen LogP contribution in [0.15, 0.2) is 24.3 Å². The molecule has 0 heterocycles. The molecule has 0 spiro atoms. The van der Waals surface area contributed by atoms with Gasteiger partial charge in [0.2, 0.25) is 11.8 Å². The van der Waals surface area contributed by atoms with Crippen LogP contribution in [0.3, 0.4) is 0 Å². The molecule has 0 aromatic heterocycles. The molecule has 5 heteroatoms. The highest BCUT2D eigenvalue weighted by atomic mass is 16.2. The summed E-state index contributed by atoms with van der Waals surface area (Å²) in [6.45, 7) is 4.14. The number of anilines is 1. The van der Waals surface area contributed by atoms with Crippen LogP contribution in [-0.4, -0.2) is 17.9 Å². The lowest BCUT2D eigenvalue weighted by molar-refractivity contribution is -0.123. The van der Waals surface area contributed by atoms with Crippen molar-refractivity contribution in [2.75, 3.05) is 5.32 Å². The minimum absolute atomic E-state index is 0.157. The van der Waals surface area contributed by atoms with Gasteiger partial charge < -0.3 is 16.8 Å². The molecule has 0 bridgehead atoms. The van der Waals surface area contributed by atoms with E-state index < -0.39 is 17.9 Å². The third-order valence-electron chi connectivity index (χ3n) is 2.58. The molecule has 1 unspecified atom stereocenters. The first-order chi connectivity index (χ1) is 8.40. The van der Waals surface area contributed by atoms with Gasteiger partial charge in [-0.25, -0.2) is 0 Å².